The van der Waals surface area contributed by atoms with Crippen molar-refractivity contribution in [2.24, 2.45) is 0 Å². The number of hydrogen-bond donors (Lipinski definition) is 3. The second-order valence-corrected chi connectivity index (χ2v) is 9.29. The molecule has 4 aromatic rings. The van der Waals surface area contributed by atoms with E-state index in [0.29, 0.717) is 10.6 Å². The molecule has 5 nitrogen and oxygen atoms in total. The summed E-state index contributed by atoms with van der Waals surface area (Å²) in [6.45, 7) is 0.0324. The van der Waals surface area contributed by atoms with E-state index in [4.69, 9.17) is 16.3 Å². The molecule has 0 saturated heterocycles. The zero-order valence-corrected chi connectivity index (χ0v) is 20.2. The van der Waals surface area contributed by atoms with Gasteiger partial charge in [-0.15, -0.1) is 0 Å². The third-order valence-corrected chi connectivity index (χ3v) is 6.82. The van der Waals surface area contributed by atoms with Gasteiger partial charge in [0.15, 0.2) is 0 Å². The molecule has 0 spiro atoms. The maximum atomic E-state index is 12.4. The summed E-state index contributed by atoms with van der Waals surface area (Å²) in [5.41, 5.74) is 6.94. The second-order valence-electron chi connectivity index (χ2n) is 8.85. The molecule has 5 rings (SSSR count). The third kappa shape index (κ3) is 5.00. The quantitative estimate of drug-likeness (QED) is 0.294. The summed E-state index contributed by atoms with van der Waals surface area (Å²) in [6.07, 6.45) is -3.02. The highest BCUT2D eigenvalue weighted by atomic mass is 35.5. The number of amides is 1. The number of halogens is 1. The van der Waals surface area contributed by atoms with Crippen LogP contribution in [0.15, 0.2) is 97.1 Å². The molecular weight excluding hydrogens is 474 g/mol. The van der Waals surface area contributed by atoms with Gasteiger partial charge in [-0.1, -0.05) is 90.5 Å². The van der Waals surface area contributed by atoms with Gasteiger partial charge in [0.05, 0.1) is 0 Å². The van der Waals surface area contributed by atoms with Gasteiger partial charge in [-0.05, 0) is 57.1 Å². The van der Waals surface area contributed by atoms with Gasteiger partial charge in [0, 0.05) is 17.5 Å². The molecule has 182 valence electrons. The summed E-state index contributed by atoms with van der Waals surface area (Å²) >= 11 is 5.97. The van der Waals surface area contributed by atoms with E-state index in [1.807, 2.05) is 54.6 Å². The standard InChI is InChI=1S/C30H26ClNO4/c31-22-14-12-19(13-15-22)20-6-5-7-21(16-20)29(34)28(33)17-32-30(35)36-18-27-25-10-3-1-8-23(25)24-9-2-4-11-26(24)27/h1-16,27-29,33-34H,17-18H2,(H,32,35). The summed E-state index contributed by atoms with van der Waals surface area (Å²) in [4.78, 5) is 12.4. The molecule has 0 radical (unpaired) electrons. The molecule has 1 amide bonds. The van der Waals surface area contributed by atoms with Gasteiger partial charge in [-0.25, -0.2) is 4.79 Å². The Kier molecular flexibility index (Phi) is 7.05. The molecule has 0 fully saturated rings. The Bertz CT molecular complexity index is 1330. The summed E-state index contributed by atoms with van der Waals surface area (Å²) < 4.78 is 5.51. The smallest absolute Gasteiger partial charge is 0.407 e. The molecule has 0 aromatic heterocycles. The van der Waals surface area contributed by atoms with Crippen LogP contribution in [0.3, 0.4) is 0 Å². The average molecular weight is 500 g/mol. The monoisotopic (exact) mass is 499 g/mol. The minimum atomic E-state index is -1.20. The highest BCUT2D eigenvalue weighted by molar-refractivity contribution is 6.30. The van der Waals surface area contributed by atoms with E-state index in [1.165, 1.54) is 0 Å². The highest BCUT2D eigenvalue weighted by Crippen LogP contribution is 2.44. The topological polar surface area (TPSA) is 78.8 Å². The molecule has 2 unspecified atom stereocenters. The maximum absolute atomic E-state index is 12.4. The van der Waals surface area contributed by atoms with Crippen molar-refractivity contribution >= 4 is 17.7 Å². The van der Waals surface area contributed by atoms with Gasteiger partial charge in [0.25, 0.3) is 0 Å². The average Bonchev–Trinajstić information content (AvgIpc) is 3.24. The van der Waals surface area contributed by atoms with Crippen molar-refractivity contribution in [1.82, 2.24) is 5.32 Å². The molecule has 3 N–H and O–H groups in total. The SMILES string of the molecule is O=C(NCC(O)C(O)c1cccc(-c2ccc(Cl)cc2)c1)OCC1c2ccccc2-c2ccccc21. The lowest BCUT2D eigenvalue weighted by molar-refractivity contribution is 0.0186. The van der Waals surface area contributed by atoms with Gasteiger partial charge in [-0.3, -0.25) is 0 Å². The lowest BCUT2D eigenvalue weighted by Crippen LogP contribution is -2.36. The minimum absolute atomic E-state index is 0.0470. The molecule has 1 aliphatic carbocycles. The predicted molar refractivity (Wildman–Crippen MR) is 141 cm³/mol. The molecule has 6 heteroatoms. The maximum Gasteiger partial charge on any atom is 0.407 e. The first kappa shape index (κ1) is 24.1. The number of carbonyl (C=O) groups excluding carboxylic acids is 1. The van der Waals surface area contributed by atoms with Crippen LogP contribution in [0, 0.1) is 0 Å². The Hall–Kier alpha value is -3.64. The van der Waals surface area contributed by atoms with E-state index >= 15 is 0 Å². The number of carbonyl (C=O) groups is 1. The molecule has 0 bridgehead atoms. The molecule has 0 saturated carbocycles. The molecule has 0 heterocycles. The minimum Gasteiger partial charge on any atom is -0.449 e. The van der Waals surface area contributed by atoms with Crippen LogP contribution in [0.5, 0.6) is 0 Å². The molecule has 36 heavy (non-hydrogen) atoms. The molecule has 2 atom stereocenters. The van der Waals surface area contributed by atoms with Crippen LogP contribution in [0.2, 0.25) is 5.02 Å². The van der Waals surface area contributed by atoms with E-state index < -0.39 is 18.3 Å². The van der Waals surface area contributed by atoms with Crippen LogP contribution in [0.1, 0.15) is 28.7 Å². The third-order valence-electron chi connectivity index (χ3n) is 6.57. The van der Waals surface area contributed by atoms with Gasteiger partial charge < -0.3 is 20.3 Å². The Morgan fingerprint density at radius 1 is 0.833 bits per heavy atom. The number of aliphatic hydroxyl groups excluding tert-OH is 2. The van der Waals surface area contributed by atoms with Crippen molar-refractivity contribution in [1.29, 1.82) is 0 Å². The number of benzene rings is 4. The predicted octanol–water partition coefficient (Wildman–Crippen LogP) is 5.94. The summed E-state index contributed by atoms with van der Waals surface area (Å²) in [7, 11) is 0. The van der Waals surface area contributed by atoms with Crippen molar-refractivity contribution in [2.45, 2.75) is 18.1 Å². The first-order chi connectivity index (χ1) is 17.5. The highest BCUT2D eigenvalue weighted by Gasteiger charge is 2.29. The Morgan fingerprint density at radius 3 is 2.14 bits per heavy atom. The van der Waals surface area contributed by atoms with Crippen LogP contribution in [0.4, 0.5) is 4.79 Å². The van der Waals surface area contributed by atoms with Gasteiger partial charge in [-0.2, -0.15) is 0 Å². The van der Waals surface area contributed by atoms with Crippen LogP contribution in [-0.2, 0) is 4.74 Å². The van der Waals surface area contributed by atoms with Crippen LogP contribution in [-0.4, -0.2) is 35.6 Å². The Balaban J connectivity index is 1.18. The first-order valence-electron chi connectivity index (χ1n) is 11.8. The van der Waals surface area contributed by atoms with Crippen molar-refractivity contribution in [3.8, 4) is 22.3 Å². The number of nitrogens with one attached hydrogen (secondary N) is 1. The molecular formula is C30H26ClNO4. The Morgan fingerprint density at radius 2 is 1.47 bits per heavy atom. The fourth-order valence-electron chi connectivity index (χ4n) is 4.72. The fraction of sp³-hybridized carbons (Fsp3) is 0.167. The first-order valence-corrected chi connectivity index (χ1v) is 12.2. The van der Waals surface area contributed by atoms with E-state index in [1.54, 1.807) is 18.2 Å². The number of rotatable bonds is 7. The van der Waals surface area contributed by atoms with E-state index in [-0.39, 0.29) is 19.1 Å². The van der Waals surface area contributed by atoms with Crippen molar-refractivity contribution in [3.05, 3.63) is 119 Å². The van der Waals surface area contributed by atoms with Crippen molar-refractivity contribution < 1.29 is 19.7 Å². The molecule has 0 aliphatic heterocycles. The van der Waals surface area contributed by atoms with E-state index in [2.05, 4.69) is 29.6 Å². The zero-order valence-electron chi connectivity index (χ0n) is 19.5. The molecule has 4 aromatic carbocycles. The van der Waals surface area contributed by atoms with Crippen LogP contribution >= 0.6 is 11.6 Å². The number of hydrogen-bond acceptors (Lipinski definition) is 4. The van der Waals surface area contributed by atoms with Gasteiger partial charge in [0.2, 0.25) is 0 Å². The zero-order chi connectivity index (χ0) is 25.1. The van der Waals surface area contributed by atoms with Crippen molar-refractivity contribution in [2.75, 3.05) is 13.2 Å². The lowest BCUT2D eigenvalue weighted by Gasteiger charge is -2.20. The summed E-state index contributed by atoms with van der Waals surface area (Å²) in [5.74, 6) is -0.0470. The van der Waals surface area contributed by atoms with Crippen LogP contribution < -0.4 is 5.32 Å². The van der Waals surface area contributed by atoms with E-state index in [0.717, 1.165) is 33.4 Å². The van der Waals surface area contributed by atoms with Crippen molar-refractivity contribution in [3.63, 3.8) is 0 Å². The van der Waals surface area contributed by atoms with E-state index in [9.17, 15) is 15.0 Å². The summed E-state index contributed by atoms with van der Waals surface area (Å²) in [6, 6.07) is 30.9. The largest absolute Gasteiger partial charge is 0.449 e. The van der Waals surface area contributed by atoms with Crippen LogP contribution in [0.25, 0.3) is 22.3 Å². The number of aliphatic hydroxyl groups is 2. The number of fused-ring (bicyclic) bond motifs is 3. The second kappa shape index (κ2) is 10.5. The van der Waals surface area contributed by atoms with Gasteiger partial charge >= 0.3 is 6.09 Å². The van der Waals surface area contributed by atoms with Gasteiger partial charge in [0.1, 0.15) is 18.8 Å². The normalized spacial score (nSPS) is 14.0. The molecule has 1 aliphatic rings. The number of ether oxygens (including phenoxy) is 1. The summed E-state index contributed by atoms with van der Waals surface area (Å²) in [5, 5.41) is 24.4. The fourth-order valence-corrected chi connectivity index (χ4v) is 4.84. The lowest BCUT2D eigenvalue weighted by atomic mass is 9.98. The number of alkyl carbamates (subject to hydrolysis) is 1. The Labute approximate surface area is 215 Å².